The number of hydrogen-bond donors (Lipinski definition) is 1. The normalized spacial score (nSPS) is 30.5. The second kappa shape index (κ2) is 6.36. The van der Waals surface area contributed by atoms with Gasteiger partial charge >= 0.3 is 0 Å². The molecule has 0 aliphatic carbocycles. The Morgan fingerprint density at radius 3 is 2.72 bits per heavy atom. The van der Waals surface area contributed by atoms with Gasteiger partial charge in [0.15, 0.2) is 0 Å². The lowest BCUT2D eigenvalue weighted by Crippen LogP contribution is -2.57. The summed E-state index contributed by atoms with van der Waals surface area (Å²) in [6.45, 7) is 10.9. The Kier molecular flexibility index (Phi) is 5.05. The maximum atomic E-state index is 3.65. The molecular weight excluding hydrogens is 222 g/mol. The van der Waals surface area contributed by atoms with Crippen molar-refractivity contribution >= 4 is 0 Å². The lowest BCUT2D eigenvalue weighted by atomic mass is 9.98. The molecule has 1 atom stereocenters. The van der Waals surface area contributed by atoms with Crippen LogP contribution < -0.4 is 5.32 Å². The molecule has 2 fully saturated rings. The first-order valence-corrected chi connectivity index (χ1v) is 7.75. The van der Waals surface area contributed by atoms with Gasteiger partial charge in [-0.25, -0.2) is 0 Å². The molecule has 18 heavy (non-hydrogen) atoms. The summed E-state index contributed by atoms with van der Waals surface area (Å²) < 4.78 is 0. The minimum atomic E-state index is 0.349. The molecule has 0 saturated carbocycles. The van der Waals surface area contributed by atoms with Gasteiger partial charge in [-0.05, 0) is 59.7 Å². The molecule has 1 N–H and O–H groups in total. The van der Waals surface area contributed by atoms with Gasteiger partial charge in [-0.15, -0.1) is 0 Å². The van der Waals surface area contributed by atoms with Crippen molar-refractivity contribution in [3.05, 3.63) is 0 Å². The van der Waals surface area contributed by atoms with Crippen molar-refractivity contribution in [1.29, 1.82) is 0 Å². The predicted octanol–water partition coefficient (Wildman–Crippen LogP) is 1.93. The zero-order valence-corrected chi connectivity index (χ0v) is 12.5. The molecule has 0 amide bonds. The van der Waals surface area contributed by atoms with Gasteiger partial charge in [0, 0.05) is 31.2 Å². The molecule has 0 spiro atoms. The number of likely N-dealkylation sites (N-methyl/N-ethyl adjacent to an activating group) is 1. The molecule has 3 heteroatoms. The quantitative estimate of drug-likeness (QED) is 0.826. The van der Waals surface area contributed by atoms with E-state index >= 15 is 0 Å². The summed E-state index contributed by atoms with van der Waals surface area (Å²) in [5.74, 6) is 0. The average Bonchev–Trinajstić information content (AvgIpc) is 2.35. The van der Waals surface area contributed by atoms with E-state index in [0.29, 0.717) is 5.54 Å². The van der Waals surface area contributed by atoms with Crippen LogP contribution in [-0.4, -0.2) is 61.2 Å². The van der Waals surface area contributed by atoms with Crippen molar-refractivity contribution in [1.82, 2.24) is 15.1 Å². The number of nitrogens with one attached hydrogen (secondary N) is 1. The van der Waals surface area contributed by atoms with Gasteiger partial charge in [0.2, 0.25) is 0 Å². The maximum Gasteiger partial charge on any atom is 0.0277 e. The van der Waals surface area contributed by atoms with Crippen LogP contribution in [0.2, 0.25) is 0 Å². The molecule has 1 unspecified atom stereocenters. The minimum absolute atomic E-state index is 0.349. The first-order valence-electron chi connectivity index (χ1n) is 7.75. The number of hydrogen-bond acceptors (Lipinski definition) is 3. The van der Waals surface area contributed by atoms with Gasteiger partial charge in [-0.2, -0.15) is 0 Å². The van der Waals surface area contributed by atoms with Crippen LogP contribution in [0.3, 0.4) is 0 Å². The third kappa shape index (κ3) is 3.94. The first-order chi connectivity index (χ1) is 8.58. The maximum absolute atomic E-state index is 3.65. The Morgan fingerprint density at radius 1 is 1.22 bits per heavy atom. The van der Waals surface area contributed by atoms with Gasteiger partial charge in [0.1, 0.15) is 0 Å². The number of nitrogens with zero attached hydrogens (tertiary/aromatic N) is 2. The molecule has 106 valence electrons. The van der Waals surface area contributed by atoms with E-state index in [1.807, 2.05) is 0 Å². The lowest BCUT2D eigenvalue weighted by molar-refractivity contribution is 0.0389. The molecule has 2 aliphatic rings. The van der Waals surface area contributed by atoms with Gasteiger partial charge in [-0.1, -0.05) is 6.42 Å². The van der Waals surface area contributed by atoms with Crippen LogP contribution in [0.4, 0.5) is 0 Å². The van der Waals surface area contributed by atoms with Crippen LogP contribution >= 0.6 is 0 Å². The van der Waals surface area contributed by atoms with E-state index in [1.54, 1.807) is 0 Å². The van der Waals surface area contributed by atoms with E-state index in [0.717, 1.165) is 6.04 Å². The van der Waals surface area contributed by atoms with E-state index in [4.69, 9.17) is 0 Å². The second-order valence-corrected chi connectivity index (χ2v) is 6.80. The molecular formula is C15H31N3. The fourth-order valence-electron chi connectivity index (χ4n) is 3.26. The number of piperidine rings is 1. The highest BCUT2D eigenvalue weighted by atomic mass is 15.3. The van der Waals surface area contributed by atoms with E-state index < -0.39 is 0 Å². The molecule has 0 aromatic heterocycles. The highest BCUT2D eigenvalue weighted by molar-refractivity contribution is 4.88. The topological polar surface area (TPSA) is 18.5 Å². The molecule has 2 heterocycles. The van der Waals surface area contributed by atoms with Gasteiger partial charge in [0.05, 0.1) is 0 Å². The molecule has 2 rings (SSSR count). The fourth-order valence-corrected chi connectivity index (χ4v) is 3.26. The van der Waals surface area contributed by atoms with Crippen molar-refractivity contribution in [3.63, 3.8) is 0 Å². The molecule has 2 aliphatic heterocycles. The van der Waals surface area contributed by atoms with Gasteiger partial charge < -0.3 is 10.2 Å². The molecule has 0 radical (unpaired) electrons. The zero-order valence-electron chi connectivity index (χ0n) is 12.5. The SMILES string of the molecule is CN1CCN(CCCC2CCCCN2)CC1(C)C. The highest BCUT2D eigenvalue weighted by Crippen LogP contribution is 2.19. The lowest BCUT2D eigenvalue weighted by Gasteiger charge is -2.45. The first kappa shape index (κ1) is 14.3. The summed E-state index contributed by atoms with van der Waals surface area (Å²) in [7, 11) is 2.25. The molecule has 0 bridgehead atoms. The largest absolute Gasteiger partial charge is 0.314 e. The zero-order chi connectivity index (χ0) is 13.0. The summed E-state index contributed by atoms with van der Waals surface area (Å²) in [4.78, 5) is 5.15. The summed E-state index contributed by atoms with van der Waals surface area (Å²) in [5, 5.41) is 3.65. The van der Waals surface area contributed by atoms with Crippen LogP contribution in [0.5, 0.6) is 0 Å². The van der Waals surface area contributed by atoms with Crippen LogP contribution in [0.15, 0.2) is 0 Å². The smallest absolute Gasteiger partial charge is 0.0277 e. The van der Waals surface area contributed by atoms with Crippen LogP contribution in [0.25, 0.3) is 0 Å². The van der Waals surface area contributed by atoms with Crippen LogP contribution in [0.1, 0.15) is 46.0 Å². The van der Waals surface area contributed by atoms with Crippen LogP contribution in [-0.2, 0) is 0 Å². The second-order valence-electron chi connectivity index (χ2n) is 6.80. The standard InChI is InChI=1S/C15H31N3/c1-15(2)13-18(12-11-17(15)3)10-6-8-14-7-4-5-9-16-14/h14,16H,4-13H2,1-3H3. The van der Waals surface area contributed by atoms with E-state index in [2.05, 4.69) is 36.0 Å². The highest BCUT2D eigenvalue weighted by Gasteiger charge is 2.30. The molecule has 0 aromatic rings. The Bertz CT molecular complexity index is 246. The summed E-state index contributed by atoms with van der Waals surface area (Å²) >= 11 is 0. The predicted molar refractivity (Wildman–Crippen MR) is 78.0 cm³/mol. The Labute approximate surface area is 113 Å². The van der Waals surface area contributed by atoms with Crippen molar-refractivity contribution in [3.8, 4) is 0 Å². The number of rotatable bonds is 4. The molecule has 2 saturated heterocycles. The summed E-state index contributed by atoms with van der Waals surface area (Å²) in [6.07, 6.45) is 6.93. The average molecular weight is 253 g/mol. The fraction of sp³-hybridized carbons (Fsp3) is 1.00. The van der Waals surface area contributed by atoms with Gasteiger partial charge in [-0.3, -0.25) is 4.90 Å². The Balaban J connectivity index is 1.64. The third-order valence-electron chi connectivity index (χ3n) is 4.83. The van der Waals surface area contributed by atoms with Crippen LogP contribution in [0, 0.1) is 0 Å². The van der Waals surface area contributed by atoms with E-state index in [-0.39, 0.29) is 0 Å². The van der Waals surface area contributed by atoms with Crippen molar-refractivity contribution in [2.24, 2.45) is 0 Å². The Morgan fingerprint density at radius 2 is 2.06 bits per heavy atom. The molecule has 0 aromatic carbocycles. The summed E-state index contributed by atoms with van der Waals surface area (Å²) in [6, 6.07) is 0.805. The van der Waals surface area contributed by atoms with Crippen molar-refractivity contribution < 1.29 is 0 Å². The van der Waals surface area contributed by atoms with Crippen molar-refractivity contribution in [2.45, 2.75) is 57.5 Å². The van der Waals surface area contributed by atoms with Gasteiger partial charge in [0.25, 0.3) is 0 Å². The van der Waals surface area contributed by atoms with E-state index in [1.165, 1.54) is 64.8 Å². The third-order valence-corrected chi connectivity index (χ3v) is 4.83. The Hall–Kier alpha value is -0.120. The number of piperazine rings is 1. The monoisotopic (exact) mass is 253 g/mol. The minimum Gasteiger partial charge on any atom is -0.314 e. The van der Waals surface area contributed by atoms with E-state index in [9.17, 15) is 0 Å². The molecule has 3 nitrogen and oxygen atoms in total. The van der Waals surface area contributed by atoms with Crippen molar-refractivity contribution in [2.75, 3.05) is 39.8 Å². The summed E-state index contributed by atoms with van der Waals surface area (Å²) in [5.41, 5.74) is 0.349.